The number of hydrogen-bond acceptors (Lipinski definition) is 4. The lowest BCUT2D eigenvalue weighted by Crippen LogP contribution is -2.44. The van der Waals surface area contributed by atoms with Gasteiger partial charge >= 0.3 is 6.18 Å². The van der Waals surface area contributed by atoms with Crippen LogP contribution >= 0.6 is 0 Å². The van der Waals surface area contributed by atoms with Crippen LogP contribution in [0.5, 0.6) is 5.75 Å². The number of nitrogens with one attached hydrogen (secondary N) is 1. The molecule has 3 rings (SSSR count). The van der Waals surface area contributed by atoms with Crippen molar-refractivity contribution < 1.29 is 32.6 Å². The third-order valence-corrected chi connectivity index (χ3v) is 5.80. The number of alkyl halides is 3. The number of halogens is 3. The molecule has 2 N–H and O–H groups in total. The number of carbonyl (C=O) groups excluding carboxylic acids is 2. The summed E-state index contributed by atoms with van der Waals surface area (Å²) in [5, 5.41) is 12.7. The molecule has 1 atom stereocenters. The summed E-state index contributed by atoms with van der Waals surface area (Å²) in [6.45, 7) is 0.684. The zero-order valence-corrected chi connectivity index (χ0v) is 18.8. The van der Waals surface area contributed by atoms with E-state index >= 15 is 0 Å². The van der Waals surface area contributed by atoms with Gasteiger partial charge in [0.15, 0.2) is 0 Å². The van der Waals surface area contributed by atoms with E-state index in [-0.39, 0.29) is 36.6 Å². The number of aryl methyl sites for hydroxylation is 1. The van der Waals surface area contributed by atoms with E-state index in [1.54, 1.807) is 4.90 Å². The summed E-state index contributed by atoms with van der Waals surface area (Å²) in [4.78, 5) is 26.7. The molecule has 0 spiro atoms. The van der Waals surface area contributed by atoms with Crippen LogP contribution < -0.4 is 10.1 Å². The van der Waals surface area contributed by atoms with Crippen molar-refractivity contribution in [3.63, 3.8) is 0 Å². The summed E-state index contributed by atoms with van der Waals surface area (Å²) in [5.41, 5.74) is 0.276. The van der Waals surface area contributed by atoms with Crippen molar-refractivity contribution in [1.82, 2.24) is 10.2 Å². The first-order chi connectivity index (χ1) is 16.2. The molecule has 0 aromatic heterocycles. The van der Waals surface area contributed by atoms with Crippen molar-refractivity contribution in [1.29, 1.82) is 0 Å². The highest BCUT2D eigenvalue weighted by molar-refractivity contribution is 5.80. The number of rotatable bonds is 9. The number of ether oxygens (including phenoxy) is 1. The van der Waals surface area contributed by atoms with E-state index in [4.69, 9.17) is 4.74 Å². The van der Waals surface area contributed by atoms with Crippen molar-refractivity contribution in [2.45, 2.75) is 38.0 Å². The lowest BCUT2D eigenvalue weighted by molar-refractivity contribution is -0.137. The maximum absolute atomic E-state index is 12.8. The summed E-state index contributed by atoms with van der Waals surface area (Å²) >= 11 is 0. The predicted molar refractivity (Wildman–Crippen MR) is 120 cm³/mol. The number of aliphatic hydroxyl groups excluding tert-OH is 1. The molecule has 1 unspecified atom stereocenters. The van der Waals surface area contributed by atoms with Crippen LogP contribution in [0.3, 0.4) is 0 Å². The Hall–Kier alpha value is -3.07. The van der Waals surface area contributed by atoms with Gasteiger partial charge in [-0.2, -0.15) is 13.2 Å². The van der Waals surface area contributed by atoms with Crippen molar-refractivity contribution in [2.24, 2.45) is 5.92 Å². The molecule has 0 bridgehead atoms. The van der Waals surface area contributed by atoms with Crippen LogP contribution in [0.25, 0.3) is 0 Å². The van der Waals surface area contributed by atoms with Gasteiger partial charge < -0.3 is 20.1 Å². The van der Waals surface area contributed by atoms with Gasteiger partial charge in [0.05, 0.1) is 5.56 Å². The minimum absolute atomic E-state index is 0.00972. The highest BCUT2D eigenvalue weighted by Crippen LogP contribution is 2.31. The van der Waals surface area contributed by atoms with E-state index in [1.165, 1.54) is 12.1 Å². The van der Waals surface area contributed by atoms with Gasteiger partial charge in [-0.1, -0.05) is 36.4 Å². The number of benzene rings is 2. The summed E-state index contributed by atoms with van der Waals surface area (Å²) in [5.74, 6) is -0.404. The first kappa shape index (κ1) is 25.6. The topological polar surface area (TPSA) is 78.9 Å². The Morgan fingerprint density at radius 1 is 1.09 bits per heavy atom. The number of amides is 2. The van der Waals surface area contributed by atoms with Gasteiger partial charge in [-0.05, 0) is 43.0 Å². The normalized spacial score (nSPS) is 15.6. The van der Waals surface area contributed by atoms with Crippen molar-refractivity contribution in [3.05, 3.63) is 65.7 Å². The van der Waals surface area contributed by atoms with Gasteiger partial charge in [0.1, 0.15) is 18.5 Å². The molecule has 0 saturated carbocycles. The molecular weight excluding hydrogens is 449 g/mol. The Morgan fingerprint density at radius 3 is 2.47 bits per heavy atom. The average molecular weight is 479 g/mol. The number of carbonyl (C=O) groups is 2. The van der Waals surface area contributed by atoms with Crippen LogP contribution in [0, 0.1) is 5.92 Å². The Balaban J connectivity index is 1.34. The van der Waals surface area contributed by atoms with Crippen molar-refractivity contribution >= 4 is 11.8 Å². The first-order valence-corrected chi connectivity index (χ1v) is 11.3. The lowest BCUT2D eigenvalue weighted by atomic mass is 9.95. The molecule has 2 aromatic carbocycles. The van der Waals surface area contributed by atoms with Crippen LogP contribution in [-0.2, 0) is 22.2 Å². The molecule has 1 heterocycles. The second-order valence-corrected chi connectivity index (χ2v) is 8.38. The first-order valence-electron chi connectivity index (χ1n) is 11.3. The maximum atomic E-state index is 12.8. The largest absolute Gasteiger partial charge is 0.491 e. The van der Waals surface area contributed by atoms with Gasteiger partial charge in [0, 0.05) is 32.0 Å². The molecule has 1 aliphatic rings. The molecule has 1 saturated heterocycles. The second kappa shape index (κ2) is 11.9. The van der Waals surface area contributed by atoms with Crippen LogP contribution in [0.2, 0.25) is 0 Å². The summed E-state index contributed by atoms with van der Waals surface area (Å²) in [7, 11) is 0. The van der Waals surface area contributed by atoms with Crippen LogP contribution in [-0.4, -0.2) is 54.2 Å². The van der Waals surface area contributed by atoms with E-state index in [9.17, 15) is 27.9 Å². The number of hydrogen-bond donors (Lipinski definition) is 2. The molecule has 184 valence electrons. The minimum Gasteiger partial charge on any atom is -0.491 e. The summed E-state index contributed by atoms with van der Waals surface area (Å²) in [6, 6.07) is 14.2. The fourth-order valence-corrected chi connectivity index (χ4v) is 3.82. The molecule has 1 fully saturated rings. The van der Waals surface area contributed by atoms with Crippen molar-refractivity contribution in [3.8, 4) is 5.75 Å². The van der Waals surface area contributed by atoms with Gasteiger partial charge in [-0.25, -0.2) is 0 Å². The Morgan fingerprint density at radius 2 is 1.79 bits per heavy atom. The van der Waals surface area contributed by atoms with E-state index in [0.717, 1.165) is 17.7 Å². The van der Waals surface area contributed by atoms with Gasteiger partial charge in [0.25, 0.3) is 0 Å². The van der Waals surface area contributed by atoms with Crippen LogP contribution in [0.15, 0.2) is 54.6 Å². The molecular formula is C25H29F3N2O4. The fourth-order valence-electron chi connectivity index (χ4n) is 3.82. The Kier molecular flexibility index (Phi) is 8.92. The molecule has 2 aromatic rings. The van der Waals surface area contributed by atoms with Crippen molar-refractivity contribution in [2.75, 3.05) is 26.2 Å². The molecule has 0 aliphatic carbocycles. The summed E-state index contributed by atoms with van der Waals surface area (Å²) in [6.07, 6.45) is -3.36. The summed E-state index contributed by atoms with van der Waals surface area (Å²) < 4.78 is 43.5. The molecule has 0 radical (unpaired) electrons. The number of aliphatic hydroxyl groups is 1. The quantitative estimate of drug-likeness (QED) is 0.579. The monoisotopic (exact) mass is 478 g/mol. The van der Waals surface area contributed by atoms with Gasteiger partial charge in [-0.3, -0.25) is 9.59 Å². The third kappa shape index (κ3) is 7.76. The van der Waals surface area contributed by atoms with E-state index in [2.05, 4.69) is 5.32 Å². The number of nitrogens with zero attached hydrogens (tertiary/aromatic N) is 1. The second-order valence-electron chi connectivity index (χ2n) is 8.38. The lowest BCUT2D eigenvalue weighted by Gasteiger charge is -2.31. The molecule has 9 heteroatoms. The SMILES string of the molecule is O=C(NCC(O)COc1cccc(C(F)(F)F)c1)C1CCN(C(=O)CCc2ccccc2)CC1. The molecule has 1 aliphatic heterocycles. The zero-order chi connectivity index (χ0) is 24.6. The smallest absolute Gasteiger partial charge is 0.416 e. The molecule has 2 amide bonds. The number of likely N-dealkylation sites (tertiary alicyclic amines) is 1. The van der Waals surface area contributed by atoms with Gasteiger partial charge in [0.2, 0.25) is 11.8 Å². The zero-order valence-electron chi connectivity index (χ0n) is 18.8. The maximum Gasteiger partial charge on any atom is 0.416 e. The van der Waals surface area contributed by atoms with Crippen LogP contribution in [0.1, 0.15) is 30.4 Å². The van der Waals surface area contributed by atoms with Crippen LogP contribution in [0.4, 0.5) is 13.2 Å². The Labute approximate surface area is 196 Å². The predicted octanol–water partition coefficient (Wildman–Crippen LogP) is 3.43. The molecule has 6 nitrogen and oxygen atoms in total. The minimum atomic E-state index is -4.48. The molecule has 34 heavy (non-hydrogen) atoms. The van der Waals surface area contributed by atoms with E-state index in [0.29, 0.717) is 38.8 Å². The van der Waals surface area contributed by atoms with Gasteiger partial charge in [-0.15, -0.1) is 0 Å². The van der Waals surface area contributed by atoms with E-state index < -0.39 is 17.8 Å². The van der Waals surface area contributed by atoms with E-state index in [1.807, 2.05) is 30.3 Å². The third-order valence-electron chi connectivity index (χ3n) is 5.80. The highest BCUT2D eigenvalue weighted by atomic mass is 19.4. The highest BCUT2D eigenvalue weighted by Gasteiger charge is 2.31. The number of piperidine rings is 1. The Bertz CT molecular complexity index is 945. The fraction of sp³-hybridized carbons (Fsp3) is 0.440. The standard InChI is InChI=1S/C25H29F3N2O4/c26-25(27,28)20-7-4-8-22(15-20)34-17-21(31)16-29-24(33)19-11-13-30(14-12-19)23(32)10-9-18-5-2-1-3-6-18/h1-8,15,19,21,31H,9-14,16-17H2,(H,29,33). The average Bonchev–Trinajstić information content (AvgIpc) is 2.85.